The fraction of sp³-hybridized carbons (Fsp3) is 0.300. The van der Waals surface area contributed by atoms with Crippen molar-refractivity contribution in [3.05, 3.63) is 58.1 Å². The first-order valence-corrected chi connectivity index (χ1v) is 9.55. The lowest BCUT2D eigenvalue weighted by atomic mass is 10.2. The van der Waals surface area contributed by atoms with E-state index in [1.807, 2.05) is 12.1 Å². The second-order valence-electron chi connectivity index (χ2n) is 5.77. The Morgan fingerprint density at radius 3 is 2.39 bits per heavy atom. The van der Waals surface area contributed by atoms with E-state index in [-0.39, 0.29) is 6.61 Å². The topological polar surface area (TPSA) is 85.9 Å². The first kappa shape index (κ1) is 21.7. The van der Waals surface area contributed by atoms with Gasteiger partial charge in [0.05, 0.1) is 11.1 Å². The van der Waals surface area contributed by atoms with Gasteiger partial charge in [0.15, 0.2) is 6.61 Å². The lowest BCUT2D eigenvalue weighted by molar-refractivity contribution is -0.123. The van der Waals surface area contributed by atoms with Crippen molar-refractivity contribution in [1.29, 1.82) is 0 Å². The third kappa shape index (κ3) is 6.86. The van der Waals surface area contributed by atoms with Crippen LogP contribution in [0.15, 0.2) is 46.9 Å². The molecule has 0 aliphatic carbocycles. The fourth-order valence-corrected chi connectivity index (χ4v) is 2.75. The second kappa shape index (κ2) is 11.3. The Hall–Kier alpha value is -2.58. The van der Waals surface area contributed by atoms with Crippen LogP contribution in [-0.4, -0.2) is 38.7 Å². The Kier molecular flexibility index (Phi) is 8.77. The zero-order chi connectivity index (χ0) is 20.4. The summed E-state index contributed by atoms with van der Waals surface area (Å²) in [5.74, 6) is 0.276. The van der Waals surface area contributed by atoms with Crippen molar-refractivity contribution >= 4 is 27.7 Å². The van der Waals surface area contributed by atoms with Gasteiger partial charge in [-0.1, -0.05) is 13.0 Å². The quantitative estimate of drug-likeness (QED) is 0.453. The highest BCUT2D eigenvalue weighted by Crippen LogP contribution is 2.26. The lowest BCUT2D eigenvalue weighted by Crippen LogP contribution is -2.43. The number of hydrazine groups is 1. The zero-order valence-electron chi connectivity index (χ0n) is 15.8. The number of hydrogen-bond donors (Lipinski definition) is 2. The number of hydrogen-bond acceptors (Lipinski definition) is 5. The minimum Gasteiger partial charge on any atom is -0.491 e. The van der Waals surface area contributed by atoms with Crippen molar-refractivity contribution in [3.63, 3.8) is 0 Å². The number of benzene rings is 2. The predicted octanol–water partition coefficient (Wildman–Crippen LogP) is 2.88. The standard InChI is InChI=1S/C20H23BrN2O5/c1-3-14-4-9-18(17(21)12-14)28-13-19(24)22-23-20(25)15-5-7-16(8-6-15)27-11-10-26-2/h4-9,12H,3,10-11,13H2,1-2H3,(H,22,24)(H,23,25). The van der Waals surface area contributed by atoms with E-state index in [1.54, 1.807) is 37.4 Å². The van der Waals surface area contributed by atoms with Gasteiger partial charge in [0.2, 0.25) is 0 Å². The Morgan fingerprint density at radius 1 is 1.00 bits per heavy atom. The monoisotopic (exact) mass is 450 g/mol. The molecule has 2 rings (SSSR count). The molecule has 28 heavy (non-hydrogen) atoms. The van der Waals surface area contributed by atoms with E-state index < -0.39 is 11.8 Å². The van der Waals surface area contributed by atoms with Crippen LogP contribution in [0, 0.1) is 0 Å². The van der Waals surface area contributed by atoms with Crippen LogP contribution in [0.2, 0.25) is 0 Å². The Bertz CT molecular complexity index is 796. The summed E-state index contributed by atoms with van der Waals surface area (Å²) >= 11 is 3.41. The molecular formula is C20H23BrN2O5. The maximum Gasteiger partial charge on any atom is 0.276 e. The molecule has 0 saturated carbocycles. The zero-order valence-corrected chi connectivity index (χ0v) is 17.4. The summed E-state index contributed by atoms with van der Waals surface area (Å²) in [4.78, 5) is 24.0. The number of halogens is 1. The number of aryl methyl sites for hydroxylation is 1. The molecule has 0 aromatic heterocycles. The summed E-state index contributed by atoms with van der Waals surface area (Å²) in [6.07, 6.45) is 0.908. The van der Waals surface area contributed by atoms with Crippen molar-refractivity contribution < 1.29 is 23.8 Å². The molecule has 0 atom stereocenters. The maximum atomic E-state index is 12.1. The van der Waals surface area contributed by atoms with Gasteiger partial charge in [0, 0.05) is 12.7 Å². The molecule has 2 amide bonds. The normalized spacial score (nSPS) is 10.2. The van der Waals surface area contributed by atoms with Gasteiger partial charge in [-0.2, -0.15) is 0 Å². The number of rotatable bonds is 9. The molecule has 2 aromatic carbocycles. The van der Waals surface area contributed by atoms with Crippen LogP contribution in [0.4, 0.5) is 0 Å². The van der Waals surface area contributed by atoms with Crippen molar-refractivity contribution in [2.24, 2.45) is 0 Å². The average molecular weight is 451 g/mol. The molecule has 0 fully saturated rings. The smallest absolute Gasteiger partial charge is 0.276 e. The molecule has 0 radical (unpaired) electrons. The van der Waals surface area contributed by atoms with Gasteiger partial charge in [0.25, 0.3) is 11.8 Å². The number of ether oxygens (including phenoxy) is 3. The largest absolute Gasteiger partial charge is 0.491 e. The number of carbonyl (C=O) groups is 2. The molecule has 0 heterocycles. The van der Waals surface area contributed by atoms with Crippen LogP contribution in [0.1, 0.15) is 22.8 Å². The number of nitrogens with one attached hydrogen (secondary N) is 2. The van der Waals surface area contributed by atoms with Gasteiger partial charge in [-0.15, -0.1) is 0 Å². The van der Waals surface area contributed by atoms with Gasteiger partial charge >= 0.3 is 0 Å². The summed E-state index contributed by atoms with van der Waals surface area (Å²) < 4.78 is 16.6. The van der Waals surface area contributed by atoms with E-state index in [9.17, 15) is 9.59 Å². The summed E-state index contributed by atoms with van der Waals surface area (Å²) in [6.45, 7) is 2.74. The van der Waals surface area contributed by atoms with E-state index in [4.69, 9.17) is 14.2 Å². The SMILES string of the molecule is CCc1ccc(OCC(=O)NNC(=O)c2ccc(OCCOC)cc2)c(Br)c1. The summed E-state index contributed by atoms with van der Waals surface area (Å²) in [6, 6.07) is 12.2. The second-order valence-corrected chi connectivity index (χ2v) is 6.63. The van der Waals surface area contributed by atoms with Gasteiger partial charge < -0.3 is 14.2 Å². The molecule has 150 valence electrons. The number of methoxy groups -OCH3 is 1. The molecule has 0 unspecified atom stereocenters. The number of carbonyl (C=O) groups excluding carboxylic acids is 2. The Labute approximate surface area is 172 Å². The molecule has 0 aliphatic rings. The summed E-state index contributed by atoms with van der Waals surface area (Å²) in [5.41, 5.74) is 6.22. The van der Waals surface area contributed by atoms with Gasteiger partial charge in [-0.3, -0.25) is 20.4 Å². The minimum atomic E-state index is -0.473. The molecule has 2 aromatic rings. The van der Waals surface area contributed by atoms with Crippen LogP contribution < -0.4 is 20.3 Å². The average Bonchev–Trinajstić information content (AvgIpc) is 2.71. The van der Waals surface area contributed by atoms with Crippen LogP contribution >= 0.6 is 15.9 Å². The van der Waals surface area contributed by atoms with E-state index in [0.717, 1.165) is 16.5 Å². The van der Waals surface area contributed by atoms with E-state index in [0.29, 0.717) is 30.3 Å². The highest BCUT2D eigenvalue weighted by Gasteiger charge is 2.09. The van der Waals surface area contributed by atoms with E-state index in [1.165, 1.54) is 0 Å². The Morgan fingerprint density at radius 2 is 1.75 bits per heavy atom. The first-order valence-electron chi connectivity index (χ1n) is 8.75. The molecule has 0 spiro atoms. The lowest BCUT2D eigenvalue weighted by Gasteiger charge is -2.11. The highest BCUT2D eigenvalue weighted by molar-refractivity contribution is 9.10. The molecule has 0 aliphatic heterocycles. The minimum absolute atomic E-state index is 0.226. The van der Waals surface area contributed by atoms with Gasteiger partial charge in [-0.05, 0) is 64.3 Å². The molecule has 8 heteroatoms. The maximum absolute atomic E-state index is 12.1. The van der Waals surface area contributed by atoms with Gasteiger partial charge in [0.1, 0.15) is 18.1 Å². The third-order valence-corrected chi connectivity index (χ3v) is 4.37. The first-order chi connectivity index (χ1) is 13.5. The Balaban J connectivity index is 1.76. The fourth-order valence-electron chi connectivity index (χ4n) is 2.20. The van der Waals surface area contributed by atoms with Crippen LogP contribution in [0.3, 0.4) is 0 Å². The molecule has 7 nitrogen and oxygen atoms in total. The molecule has 0 saturated heterocycles. The van der Waals surface area contributed by atoms with E-state index in [2.05, 4.69) is 33.7 Å². The van der Waals surface area contributed by atoms with Crippen LogP contribution in [0.25, 0.3) is 0 Å². The van der Waals surface area contributed by atoms with Crippen LogP contribution in [-0.2, 0) is 16.0 Å². The molecular weight excluding hydrogens is 428 g/mol. The summed E-state index contributed by atoms with van der Waals surface area (Å²) in [5, 5.41) is 0. The van der Waals surface area contributed by atoms with Crippen LogP contribution in [0.5, 0.6) is 11.5 Å². The molecule has 2 N–H and O–H groups in total. The van der Waals surface area contributed by atoms with Crippen molar-refractivity contribution in [2.45, 2.75) is 13.3 Å². The van der Waals surface area contributed by atoms with Crippen molar-refractivity contribution in [3.8, 4) is 11.5 Å². The number of amides is 2. The van der Waals surface area contributed by atoms with Crippen molar-refractivity contribution in [1.82, 2.24) is 10.9 Å². The van der Waals surface area contributed by atoms with Crippen molar-refractivity contribution in [2.75, 3.05) is 26.9 Å². The summed E-state index contributed by atoms with van der Waals surface area (Å²) in [7, 11) is 1.59. The van der Waals surface area contributed by atoms with Gasteiger partial charge in [-0.25, -0.2) is 0 Å². The molecule has 0 bridgehead atoms. The predicted molar refractivity (Wildman–Crippen MR) is 108 cm³/mol. The highest BCUT2D eigenvalue weighted by atomic mass is 79.9. The van der Waals surface area contributed by atoms with E-state index >= 15 is 0 Å². The third-order valence-electron chi connectivity index (χ3n) is 3.75.